The number of benzene rings is 1. The molecule has 0 atom stereocenters. The van der Waals surface area contributed by atoms with E-state index >= 15 is 0 Å². The first-order valence-electron chi connectivity index (χ1n) is 9.12. The number of rotatable bonds is 11. The third-order valence-corrected chi connectivity index (χ3v) is 3.71. The first-order valence-corrected chi connectivity index (χ1v) is 9.12. The maximum atomic E-state index is 12.0. The number of hydrogen-bond donors (Lipinski definition) is 2. The molecule has 0 aromatic heterocycles. The molecule has 7 heteroatoms. The summed E-state index contributed by atoms with van der Waals surface area (Å²) in [5.41, 5.74) is 1.16. The summed E-state index contributed by atoms with van der Waals surface area (Å²) >= 11 is 0. The van der Waals surface area contributed by atoms with Crippen LogP contribution in [-0.4, -0.2) is 56.1 Å². The summed E-state index contributed by atoms with van der Waals surface area (Å²) < 4.78 is 5.63. The molecule has 1 aromatic rings. The van der Waals surface area contributed by atoms with E-state index in [9.17, 15) is 4.79 Å². The van der Waals surface area contributed by atoms with Gasteiger partial charge in [-0.25, -0.2) is 0 Å². The third-order valence-electron chi connectivity index (χ3n) is 3.71. The van der Waals surface area contributed by atoms with Gasteiger partial charge in [-0.2, -0.15) is 0 Å². The van der Waals surface area contributed by atoms with Crippen molar-refractivity contribution in [2.75, 3.05) is 39.3 Å². The van der Waals surface area contributed by atoms with Gasteiger partial charge in [-0.05, 0) is 26.3 Å². The summed E-state index contributed by atoms with van der Waals surface area (Å²) in [5.74, 6) is 0.887. The molecule has 1 amide bonds. The van der Waals surface area contributed by atoms with Crippen molar-refractivity contribution in [1.29, 1.82) is 0 Å². The largest absolute Gasteiger partial charge is 0.375 e. The predicted molar refractivity (Wildman–Crippen MR) is 118 cm³/mol. The van der Waals surface area contributed by atoms with E-state index in [0.29, 0.717) is 32.7 Å². The molecular formula is C19H33IN4O2. The van der Waals surface area contributed by atoms with Crippen molar-refractivity contribution in [3.63, 3.8) is 0 Å². The minimum Gasteiger partial charge on any atom is -0.375 e. The number of nitrogens with zero attached hydrogens (tertiary/aromatic N) is 2. The van der Waals surface area contributed by atoms with Crippen molar-refractivity contribution < 1.29 is 9.53 Å². The van der Waals surface area contributed by atoms with Gasteiger partial charge in [0.2, 0.25) is 5.91 Å². The Kier molecular flexibility index (Phi) is 15.0. The van der Waals surface area contributed by atoms with Crippen LogP contribution in [0.15, 0.2) is 35.3 Å². The van der Waals surface area contributed by atoms with Crippen molar-refractivity contribution in [1.82, 2.24) is 15.5 Å². The molecule has 6 nitrogen and oxygen atoms in total. The highest BCUT2D eigenvalue weighted by atomic mass is 127. The van der Waals surface area contributed by atoms with E-state index in [2.05, 4.69) is 15.6 Å². The smallest absolute Gasteiger partial charge is 0.224 e. The maximum Gasteiger partial charge on any atom is 0.224 e. The molecule has 0 aliphatic rings. The molecule has 1 aromatic carbocycles. The monoisotopic (exact) mass is 476 g/mol. The van der Waals surface area contributed by atoms with E-state index in [1.54, 1.807) is 0 Å². The molecule has 0 unspecified atom stereocenters. The van der Waals surface area contributed by atoms with Crippen LogP contribution in [0.2, 0.25) is 0 Å². The standard InChI is InChI=1S/C19H32N4O2.HI/c1-4-20-19(21-13-12-18(24)23(5-2)6-3)22-14-15-25-16-17-10-8-7-9-11-17;/h7-11H,4-6,12-16H2,1-3H3,(H2,20,21,22);1H. The molecule has 0 saturated heterocycles. The molecule has 0 fully saturated rings. The summed E-state index contributed by atoms with van der Waals surface area (Å²) in [4.78, 5) is 18.3. The van der Waals surface area contributed by atoms with E-state index in [4.69, 9.17) is 4.74 Å². The Bertz CT molecular complexity index is 508. The fourth-order valence-electron chi connectivity index (χ4n) is 2.35. The second-order valence-corrected chi connectivity index (χ2v) is 5.54. The van der Waals surface area contributed by atoms with Crippen LogP contribution in [0.25, 0.3) is 0 Å². The number of aliphatic imine (C=N–C) groups is 1. The molecule has 0 aliphatic carbocycles. The molecule has 2 N–H and O–H groups in total. The highest BCUT2D eigenvalue weighted by molar-refractivity contribution is 14.0. The van der Waals surface area contributed by atoms with Crippen LogP contribution in [-0.2, 0) is 16.1 Å². The molecule has 148 valence electrons. The summed E-state index contributed by atoms with van der Waals surface area (Å²) in [6.45, 7) is 10.6. The molecule has 0 spiro atoms. The number of halogens is 1. The van der Waals surface area contributed by atoms with E-state index in [1.807, 2.05) is 56.0 Å². The van der Waals surface area contributed by atoms with Gasteiger partial charge in [-0.15, -0.1) is 24.0 Å². The lowest BCUT2D eigenvalue weighted by atomic mass is 10.2. The lowest BCUT2D eigenvalue weighted by Crippen LogP contribution is -2.40. The van der Waals surface area contributed by atoms with Gasteiger partial charge >= 0.3 is 0 Å². The van der Waals surface area contributed by atoms with E-state index in [-0.39, 0.29) is 29.9 Å². The zero-order chi connectivity index (χ0) is 18.3. The average molecular weight is 476 g/mol. The van der Waals surface area contributed by atoms with E-state index in [1.165, 1.54) is 0 Å². The Morgan fingerprint density at radius 3 is 2.42 bits per heavy atom. The van der Waals surface area contributed by atoms with Crippen LogP contribution < -0.4 is 10.6 Å². The first kappa shape index (κ1) is 24.7. The summed E-state index contributed by atoms with van der Waals surface area (Å²) in [6, 6.07) is 10.1. The summed E-state index contributed by atoms with van der Waals surface area (Å²) in [6.07, 6.45) is 0.469. The molecular weight excluding hydrogens is 443 g/mol. The highest BCUT2D eigenvalue weighted by Crippen LogP contribution is 2.00. The van der Waals surface area contributed by atoms with Crippen molar-refractivity contribution >= 4 is 35.8 Å². The fourth-order valence-corrected chi connectivity index (χ4v) is 2.35. The number of ether oxygens (including phenoxy) is 1. The first-order chi connectivity index (χ1) is 12.2. The number of hydrogen-bond acceptors (Lipinski definition) is 3. The van der Waals surface area contributed by atoms with Gasteiger partial charge in [0.15, 0.2) is 5.96 Å². The van der Waals surface area contributed by atoms with Gasteiger partial charge in [0.1, 0.15) is 0 Å². The summed E-state index contributed by atoms with van der Waals surface area (Å²) in [7, 11) is 0. The minimum absolute atomic E-state index is 0. The topological polar surface area (TPSA) is 66.0 Å². The van der Waals surface area contributed by atoms with Crippen molar-refractivity contribution in [2.45, 2.75) is 33.8 Å². The molecule has 0 aliphatic heterocycles. The van der Waals surface area contributed by atoms with Crippen LogP contribution >= 0.6 is 24.0 Å². The molecule has 26 heavy (non-hydrogen) atoms. The molecule has 1 rings (SSSR count). The van der Waals surface area contributed by atoms with Gasteiger partial charge < -0.3 is 20.3 Å². The molecule has 0 saturated carbocycles. The van der Waals surface area contributed by atoms with Gasteiger partial charge in [0.25, 0.3) is 0 Å². The quantitative estimate of drug-likeness (QED) is 0.223. The van der Waals surface area contributed by atoms with Crippen LogP contribution in [0.5, 0.6) is 0 Å². The molecule has 0 bridgehead atoms. The van der Waals surface area contributed by atoms with Crippen LogP contribution in [0.1, 0.15) is 32.8 Å². The van der Waals surface area contributed by atoms with Crippen molar-refractivity contribution in [3.8, 4) is 0 Å². The van der Waals surface area contributed by atoms with Gasteiger partial charge in [0.05, 0.1) is 19.8 Å². The number of carbonyl (C=O) groups is 1. The zero-order valence-electron chi connectivity index (χ0n) is 16.2. The predicted octanol–water partition coefficient (Wildman–Crippen LogP) is 2.63. The third kappa shape index (κ3) is 10.6. The lowest BCUT2D eigenvalue weighted by Gasteiger charge is -2.19. The SMILES string of the molecule is CCNC(=NCCOCc1ccccc1)NCCC(=O)N(CC)CC.I. The van der Waals surface area contributed by atoms with Crippen LogP contribution in [0.4, 0.5) is 0 Å². The highest BCUT2D eigenvalue weighted by Gasteiger charge is 2.08. The second-order valence-electron chi connectivity index (χ2n) is 5.54. The van der Waals surface area contributed by atoms with E-state index in [0.717, 1.165) is 31.2 Å². The average Bonchev–Trinajstić information content (AvgIpc) is 2.63. The normalized spacial score (nSPS) is 10.8. The Morgan fingerprint density at radius 1 is 1.12 bits per heavy atom. The second kappa shape index (κ2) is 15.9. The van der Waals surface area contributed by atoms with Crippen LogP contribution in [0, 0.1) is 0 Å². The van der Waals surface area contributed by atoms with E-state index < -0.39 is 0 Å². The minimum atomic E-state index is 0. The Hall–Kier alpha value is -1.35. The lowest BCUT2D eigenvalue weighted by molar-refractivity contribution is -0.130. The Labute approximate surface area is 174 Å². The number of guanidine groups is 1. The zero-order valence-corrected chi connectivity index (χ0v) is 18.5. The number of amides is 1. The number of carbonyl (C=O) groups excluding carboxylic acids is 1. The number of nitrogens with one attached hydrogen (secondary N) is 2. The van der Waals surface area contributed by atoms with Gasteiger partial charge in [0, 0.05) is 32.6 Å². The van der Waals surface area contributed by atoms with Gasteiger partial charge in [-0.3, -0.25) is 9.79 Å². The van der Waals surface area contributed by atoms with Crippen LogP contribution in [0.3, 0.4) is 0 Å². The molecule has 0 heterocycles. The van der Waals surface area contributed by atoms with Gasteiger partial charge in [-0.1, -0.05) is 30.3 Å². The Morgan fingerprint density at radius 2 is 1.81 bits per heavy atom. The van der Waals surface area contributed by atoms with Crippen molar-refractivity contribution in [3.05, 3.63) is 35.9 Å². The molecule has 0 radical (unpaired) electrons. The maximum absolute atomic E-state index is 12.0. The summed E-state index contributed by atoms with van der Waals surface area (Å²) in [5, 5.41) is 6.38. The van der Waals surface area contributed by atoms with Crippen molar-refractivity contribution in [2.24, 2.45) is 4.99 Å². The Balaban J connectivity index is 0.00000625. The fraction of sp³-hybridized carbons (Fsp3) is 0.579.